The van der Waals surface area contributed by atoms with E-state index in [-0.39, 0.29) is 17.9 Å². The summed E-state index contributed by atoms with van der Waals surface area (Å²) >= 11 is 0. The van der Waals surface area contributed by atoms with Crippen molar-refractivity contribution in [2.75, 3.05) is 13.2 Å². The number of rotatable bonds is 7. The molecule has 0 radical (unpaired) electrons. The minimum absolute atomic E-state index is 0.121. The van der Waals surface area contributed by atoms with Crippen molar-refractivity contribution in [3.05, 3.63) is 0 Å². The number of hydrogen-bond donors (Lipinski definition) is 2. The molecule has 0 aliphatic heterocycles. The SMILES string of the molecule is CC(C)OCCCNC(=O)[C@@H]1CCC[C@@H]1C(=O)O. The third-order valence-corrected chi connectivity index (χ3v) is 3.24. The summed E-state index contributed by atoms with van der Waals surface area (Å²) in [4.78, 5) is 22.8. The number of carbonyl (C=O) groups is 2. The fraction of sp³-hybridized carbons (Fsp3) is 0.846. The van der Waals surface area contributed by atoms with Gasteiger partial charge in [-0.05, 0) is 33.1 Å². The summed E-state index contributed by atoms with van der Waals surface area (Å²) in [5.74, 6) is -1.83. The van der Waals surface area contributed by atoms with Crippen molar-refractivity contribution in [1.82, 2.24) is 5.32 Å². The molecular formula is C13H23NO4. The number of carbonyl (C=O) groups excluding carboxylic acids is 1. The lowest BCUT2D eigenvalue weighted by atomic mass is 9.95. The predicted molar refractivity (Wildman–Crippen MR) is 67.2 cm³/mol. The van der Waals surface area contributed by atoms with Crippen molar-refractivity contribution in [3.63, 3.8) is 0 Å². The summed E-state index contributed by atoms with van der Waals surface area (Å²) < 4.78 is 5.36. The molecule has 0 bridgehead atoms. The highest BCUT2D eigenvalue weighted by Crippen LogP contribution is 2.31. The van der Waals surface area contributed by atoms with Crippen LogP contribution in [0.1, 0.15) is 39.5 Å². The quantitative estimate of drug-likeness (QED) is 0.676. The van der Waals surface area contributed by atoms with Crippen LogP contribution in [0.4, 0.5) is 0 Å². The van der Waals surface area contributed by atoms with Crippen molar-refractivity contribution >= 4 is 11.9 Å². The van der Waals surface area contributed by atoms with Crippen molar-refractivity contribution in [2.45, 2.75) is 45.6 Å². The summed E-state index contributed by atoms with van der Waals surface area (Å²) in [6.45, 7) is 5.10. The van der Waals surface area contributed by atoms with Crippen molar-refractivity contribution in [1.29, 1.82) is 0 Å². The van der Waals surface area contributed by atoms with Gasteiger partial charge in [-0.2, -0.15) is 0 Å². The van der Waals surface area contributed by atoms with Gasteiger partial charge in [-0.1, -0.05) is 6.42 Å². The number of ether oxygens (including phenoxy) is 1. The normalized spacial score (nSPS) is 23.3. The third-order valence-electron chi connectivity index (χ3n) is 3.24. The van der Waals surface area contributed by atoms with Gasteiger partial charge in [-0.25, -0.2) is 0 Å². The Kier molecular flexibility index (Phi) is 6.12. The molecule has 5 nitrogen and oxygen atoms in total. The molecule has 0 aromatic carbocycles. The van der Waals surface area contributed by atoms with Gasteiger partial charge in [0.05, 0.1) is 17.9 Å². The zero-order chi connectivity index (χ0) is 13.5. The molecule has 1 saturated carbocycles. The van der Waals surface area contributed by atoms with E-state index in [9.17, 15) is 9.59 Å². The second-order valence-electron chi connectivity index (χ2n) is 5.05. The molecule has 0 aromatic rings. The molecule has 0 heterocycles. The van der Waals surface area contributed by atoms with Crippen LogP contribution in [0.3, 0.4) is 0 Å². The lowest BCUT2D eigenvalue weighted by Crippen LogP contribution is -2.36. The van der Waals surface area contributed by atoms with Gasteiger partial charge in [0, 0.05) is 13.2 Å². The first-order valence-electron chi connectivity index (χ1n) is 6.64. The molecule has 1 aliphatic carbocycles. The lowest BCUT2D eigenvalue weighted by Gasteiger charge is -2.15. The first-order valence-corrected chi connectivity index (χ1v) is 6.64. The molecule has 0 spiro atoms. The third kappa shape index (κ3) is 4.64. The van der Waals surface area contributed by atoms with Gasteiger partial charge in [-0.15, -0.1) is 0 Å². The highest BCUT2D eigenvalue weighted by atomic mass is 16.5. The minimum atomic E-state index is -0.851. The zero-order valence-corrected chi connectivity index (χ0v) is 11.1. The average Bonchev–Trinajstić information content (AvgIpc) is 2.76. The molecule has 2 N–H and O–H groups in total. The van der Waals surface area contributed by atoms with Crippen LogP contribution in [0.25, 0.3) is 0 Å². The Morgan fingerprint density at radius 1 is 1.33 bits per heavy atom. The number of hydrogen-bond acceptors (Lipinski definition) is 3. The smallest absolute Gasteiger partial charge is 0.307 e. The van der Waals surface area contributed by atoms with Crippen molar-refractivity contribution in [2.24, 2.45) is 11.8 Å². The number of aliphatic carboxylic acids is 1. The van der Waals surface area contributed by atoms with E-state index in [2.05, 4.69) is 5.32 Å². The van der Waals surface area contributed by atoms with Gasteiger partial charge in [0.2, 0.25) is 5.91 Å². The van der Waals surface area contributed by atoms with Gasteiger partial charge in [0.15, 0.2) is 0 Å². The van der Waals surface area contributed by atoms with Crippen LogP contribution in [-0.2, 0) is 14.3 Å². The monoisotopic (exact) mass is 257 g/mol. The fourth-order valence-electron chi connectivity index (χ4n) is 2.30. The summed E-state index contributed by atoms with van der Waals surface area (Å²) in [6.07, 6.45) is 3.08. The van der Waals surface area contributed by atoms with E-state index in [1.165, 1.54) is 0 Å². The summed E-state index contributed by atoms with van der Waals surface area (Å²) in [6, 6.07) is 0. The van der Waals surface area contributed by atoms with Crippen LogP contribution in [0.15, 0.2) is 0 Å². The van der Waals surface area contributed by atoms with Crippen molar-refractivity contribution in [3.8, 4) is 0 Å². The van der Waals surface area contributed by atoms with E-state index in [0.29, 0.717) is 26.0 Å². The molecule has 2 atom stereocenters. The number of nitrogens with one attached hydrogen (secondary N) is 1. The molecule has 18 heavy (non-hydrogen) atoms. The van der Waals surface area contributed by atoms with E-state index in [4.69, 9.17) is 9.84 Å². The molecule has 1 fully saturated rings. The number of amides is 1. The highest BCUT2D eigenvalue weighted by Gasteiger charge is 2.37. The Hall–Kier alpha value is -1.10. The standard InChI is InChI=1S/C13H23NO4/c1-9(2)18-8-4-7-14-12(15)10-5-3-6-11(10)13(16)17/h9-11H,3-8H2,1-2H3,(H,14,15)(H,16,17)/t10-,11+/m1/s1. The maximum Gasteiger partial charge on any atom is 0.307 e. The highest BCUT2D eigenvalue weighted by molar-refractivity contribution is 5.85. The molecular weight excluding hydrogens is 234 g/mol. The fourth-order valence-corrected chi connectivity index (χ4v) is 2.30. The predicted octanol–water partition coefficient (Wildman–Crippen LogP) is 1.42. The van der Waals surface area contributed by atoms with E-state index in [1.807, 2.05) is 13.8 Å². The molecule has 104 valence electrons. The number of carboxylic acid groups (broad SMARTS) is 1. The van der Waals surface area contributed by atoms with Crippen molar-refractivity contribution < 1.29 is 19.4 Å². The second kappa shape index (κ2) is 7.36. The Morgan fingerprint density at radius 3 is 2.61 bits per heavy atom. The summed E-state index contributed by atoms with van der Waals surface area (Å²) in [5, 5.41) is 11.8. The first-order chi connectivity index (χ1) is 8.52. The van der Waals surface area contributed by atoms with Crippen LogP contribution < -0.4 is 5.32 Å². The van der Waals surface area contributed by atoms with Crippen LogP contribution in [0.5, 0.6) is 0 Å². The van der Waals surface area contributed by atoms with Crippen LogP contribution in [0, 0.1) is 11.8 Å². The van der Waals surface area contributed by atoms with E-state index in [1.54, 1.807) is 0 Å². The molecule has 0 saturated heterocycles. The maximum atomic E-state index is 11.8. The van der Waals surface area contributed by atoms with Gasteiger partial charge in [-0.3, -0.25) is 9.59 Å². The average molecular weight is 257 g/mol. The Labute approximate surface area is 108 Å². The Morgan fingerprint density at radius 2 is 2.00 bits per heavy atom. The summed E-state index contributed by atoms with van der Waals surface area (Å²) in [7, 11) is 0. The minimum Gasteiger partial charge on any atom is -0.481 e. The van der Waals surface area contributed by atoms with Crippen LogP contribution in [0.2, 0.25) is 0 Å². The number of carboxylic acids is 1. The first kappa shape index (κ1) is 15.0. The van der Waals surface area contributed by atoms with E-state index < -0.39 is 11.9 Å². The second-order valence-corrected chi connectivity index (χ2v) is 5.05. The topological polar surface area (TPSA) is 75.6 Å². The molecule has 1 rings (SSSR count). The van der Waals surface area contributed by atoms with Gasteiger partial charge in [0.1, 0.15) is 0 Å². The van der Waals surface area contributed by atoms with Gasteiger partial charge >= 0.3 is 5.97 Å². The molecule has 1 aliphatic rings. The molecule has 0 aromatic heterocycles. The zero-order valence-electron chi connectivity index (χ0n) is 11.1. The largest absolute Gasteiger partial charge is 0.481 e. The Bertz CT molecular complexity index is 291. The van der Waals surface area contributed by atoms with E-state index in [0.717, 1.165) is 12.8 Å². The molecule has 1 amide bonds. The van der Waals surface area contributed by atoms with E-state index >= 15 is 0 Å². The van der Waals surface area contributed by atoms with Crippen LogP contribution >= 0.6 is 0 Å². The Balaban J connectivity index is 2.22. The molecule has 0 unspecified atom stereocenters. The lowest BCUT2D eigenvalue weighted by molar-refractivity contribution is -0.146. The van der Waals surface area contributed by atoms with Gasteiger partial charge < -0.3 is 15.2 Å². The maximum absolute atomic E-state index is 11.8. The summed E-state index contributed by atoms with van der Waals surface area (Å²) in [5.41, 5.74) is 0. The van der Waals surface area contributed by atoms with Gasteiger partial charge in [0.25, 0.3) is 0 Å². The molecule has 5 heteroatoms. The van der Waals surface area contributed by atoms with Crippen LogP contribution in [-0.4, -0.2) is 36.2 Å².